The molecule has 0 aliphatic carbocycles. The third-order valence-electron chi connectivity index (χ3n) is 4.75. The second-order valence-corrected chi connectivity index (χ2v) is 6.30. The van der Waals surface area contributed by atoms with Crippen molar-refractivity contribution in [2.45, 2.75) is 18.9 Å². The molecule has 2 aliphatic rings. The molecule has 0 radical (unpaired) electrons. The van der Waals surface area contributed by atoms with Crippen LogP contribution in [0.5, 0.6) is 0 Å². The minimum Gasteiger partial charge on any atom is -0.395 e. The van der Waals surface area contributed by atoms with Crippen LogP contribution >= 0.6 is 0 Å². The van der Waals surface area contributed by atoms with E-state index >= 15 is 0 Å². The van der Waals surface area contributed by atoms with Gasteiger partial charge in [-0.25, -0.2) is 0 Å². The molecule has 1 saturated heterocycles. The van der Waals surface area contributed by atoms with Crippen molar-refractivity contribution in [2.24, 2.45) is 5.92 Å². The lowest BCUT2D eigenvalue weighted by Crippen LogP contribution is -2.49. The van der Waals surface area contributed by atoms with Crippen LogP contribution in [0.3, 0.4) is 0 Å². The largest absolute Gasteiger partial charge is 0.433 e. The summed E-state index contributed by atoms with van der Waals surface area (Å²) < 4.78 is 6.82. The first-order chi connectivity index (χ1) is 11.5. The predicted octanol–water partition coefficient (Wildman–Crippen LogP) is 1.61. The van der Waals surface area contributed by atoms with Crippen molar-refractivity contribution in [2.75, 3.05) is 13.1 Å². The highest BCUT2D eigenvalue weighted by Gasteiger charge is 2.37. The lowest BCUT2D eigenvalue weighted by Gasteiger charge is -2.42. The van der Waals surface area contributed by atoms with Crippen LogP contribution in [0.1, 0.15) is 28.6 Å². The Morgan fingerprint density at radius 1 is 1.21 bits per heavy atom. The molecule has 1 amide bonds. The van der Waals surface area contributed by atoms with Gasteiger partial charge in [-0.05, 0) is 24.5 Å². The van der Waals surface area contributed by atoms with Crippen LogP contribution < -0.4 is 5.56 Å². The molecular formula is C16H15N3O5. The molecule has 2 aromatic rings. The van der Waals surface area contributed by atoms with Gasteiger partial charge in [0.25, 0.3) is 11.5 Å². The smallest absolute Gasteiger partial charge is 0.395 e. The van der Waals surface area contributed by atoms with Gasteiger partial charge in [-0.2, -0.15) is 0 Å². The number of hydrogen-bond donors (Lipinski definition) is 0. The Bertz CT molecular complexity index is 884. The van der Waals surface area contributed by atoms with E-state index in [4.69, 9.17) is 4.42 Å². The number of amides is 1. The number of carbonyl (C=O) groups is 1. The van der Waals surface area contributed by atoms with Gasteiger partial charge in [-0.3, -0.25) is 19.7 Å². The Kier molecular flexibility index (Phi) is 3.26. The van der Waals surface area contributed by atoms with Crippen molar-refractivity contribution in [1.29, 1.82) is 0 Å². The van der Waals surface area contributed by atoms with Gasteiger partial charge in [0.1, 0.15) is 4.92 Å². The number of piperidine rings is 1. The summed E-state index contributed by atoms with van der Waals surface area (Å²) >= 11 is 0. The first-order valence-corrected chi connectivity index (χ1v) is 7.76. The Labute approximate surface area is 136 Å². The maximum atomic E-state index is 12.6. The molecule has 8 heteroatoms. The summed E-state index contributed by atoms with van der Waals surface area (Å²) in [6.45, 7) is 1.59. The first kappa shape index (κ1) is 14.7. The van der Waals surface area contributed by atoms with Crippen LogP contribution in [-0.4, -0.2) is 33.4 Å². The van der Waals surface area contributed by atoms with Crippen molar-refractivity contribution >= 4 is 11.8 Å². The molecule has 0 saturated carbocycles. The number of hydrogen-bond acceptors (Lipinski definition) is 5. The lowest BCUT2D eigenvalue weighted by molar-refractivity contribution is -0.402. The lowest BCUT2D eigenvalue weighted by atomic mass is 9.83. The summed E-state index contributed by atoms with van der Waals surface area (Å²) in [5, 5.41) is 10.7. The molecule has 4 heterocycles. The molecule has 8 nitrogen and oxygen atoms in total. The zero-order valence-corrected chi connectivity index (χ0v) is 12.8. The zero-order valence-electron chi connectivity index (χ0n) is 12.8. The van der Waals surface area contributed by atoms with Crippen molar-refractivity contribution in [3.05, 3.63) is 62.3 Å². The van der Waals surface area contributed by atoms with Crippen molar-refractivity contribution in [3.63, 3.8) is 0 Å². The number of likely N-dealkylation sites (tertiary alicyclic amines) is 1. The maximum Gasteiger partial charge on any atom is 0.433 e. The molecule has 4 rings (SSSR count). The zero-order chi connectivity index (χ0) is 16.8. The van der Waals surface area contributed by atoms with E-state index in [1.807, 2.05) is 6.07 Å². The molecule has 2 aliphatic heterocycles. The van der Waals surface area contributed by atoms with Crippen LogP contribution in [0.4, 0.5) is 5.88 Å². The maximum absolute atomic E-state index is 12.6. The van der Waals surface area contributed by atoms with Crippen LogP contribution in [0, 0.1) is 16.0 Å². The summed E-state index contributed by atoms with van der Waals surface area (Å²) in [7, 11) is 0. The van der Waals surface area contributed by atoms with Gasteiger partial charge in [0.05, 0.1) is 6.07 Å². The summed E-state index contributed by atoms with van der Waals surface area (Å²) in [6, 6.07) is 7.74. The minimum atomic E-state index is -0.662. The number of pyridine rings is 1. The third kappa shape index (κ3) is 2.31. The Morgan fingerprint density at radius 2 is 2.04 bits per heavy atom. The topological polar surface area (TPSA) is 98.6 Å². The highest BCUT2D eigenvalue weighted by atomic mass is 16.6. The molecule has 0 N–H and O–H groups in total. The van der Waals surface area contributed by atoms with Crippen LogP contribution in [-0.2, 0) is 6.54 Å². The number of nitro groups is 1. The van der Waals surface area contributed by atoms with Crippen molar-refractivity contribution in [1.82, 2.24) is 9.47 Å². The normalized spacial score (nSPS) is 22.1. The van der Waals surface area contributed by atoms with E-state index in [-0.39, 0.29) is 29.1 Å². The second kappa shape index (κ2) is 5.33. The van der Waals surface area contributed by atoms with E-state index in [1.165, 1.54) is 12.1 Å². The third-order valence-corrected chi connectivity index (χ3v) is 4.75. The number of furan rings is 1. The van der Waals surface area contributed by atoms with Gasteiger partial charge in [0.15, 0.2) is 5.76 Å². The van der Waals surface area contributed by atoms with E-state index < -0.39 is 10.8 Å². The number of carbonyl (C=O) groups excluding carboxylic acids is 1. The fraction of sp³-hybridized carbons (Fsp3) is 0.375. The van der Waals surface area contributed by atoms with Gasteiger partial charge in [0.2, 0.25) is 0 Å². The molecular weight excluding hydrogens is 314 g/mol. The molecule has 24 heavy (non-hydrogen) atoms. The molecule has 2 aromatic heterocycles. The quantitative estimate of drug-likeness (QED) is 0.616. The standard InChI is InChI=1S/C16H15N3O5/c20-14-3-1-2-12-11-6-10(8-18(12)14)7-17(9-11)16(21)13-4-5-15(24-13)19(22)23/h1-5,10-11H,6-9H2/t10-,11-/m1/s1. The van der Waals surface area contributed by atoms with Crippen LogP contribution in [0.15, 0.2) is 39.5 Å². The highest BCUT2D eigenvalue weighted by molar-refractivity contribution is 5.91. The van der Waals surface area contributed by atoms with Crippen LogP contribution in [0.25, 0.3) is 0 Å². The van der Waals surface area contributed by atoms with Gasteiger partial charge in [0, 0.05) is 37.3 Å². The van der Waals surface area contributed by atoms with E-state index in [0.29, 0.717) is 19.6 Å². The number of rotatable bonds is 2. The van der Waals surface area contributed by atoms with Crippen molar-refractivity contribution < 1.29 is 14.1 Å². The van der Waals surface area contributed by atoms with E-state index in [1.54, 1.807) is 21.6 Å². The van der Waals surface area contributed by atoms with Gasteiger partial charge in [-0.15, -0.1) is 0 Å². The summed E-state index contributed by atoms with van der Waals surface area (Å²) in [6.07, 6.45) is 0.936. The molecule has 0 spiro atoms. The Hall–Kier alpha value is -2.90. The van der Waals surface area contributed by atoms with E-state index in [2.05, 4.69) is 0 Å². The van der Waals surface area contributed by atoms with Gasteiger partial charge < -0.3 is 13.9 Å². The molecule has 0 aromatic carbocycles. The minimum absolute atomic E-state index is 0.0105. The molecule has 2 bridgehead atoms. The summed E-state index contributed by atoms with van der Waals surface area (Å²) in [5.41, 5.74) is 0.935. The summed E-state index contributed by atoms with van der Waals surface area (Å²) in [4.78, 5) is 36.3. The Morgan fingerprint density at radius 3 is 2.79 bits per heavy atom. The van der Waals surface area contributed by atoms with E-state index in [9.17, 15) is 19.7 Å². The summed E-state index contributed by atoms with van der Waals surface area (Å²) in [5.74, 6) is -0.505. The number of aromatic nitrogens is 1. The van der Waals surface area contributed by atoms with Gasteiger partial charge in [-0.1, -0.05) is 6.07 Å². The fourth-order valence-corrected chi connectivity index (χ4v) is 3.76. The average molecular weight is 329 g/mol. The highest BCUT2D eigenvalue weighted by Crippen LogP contribution is 2.35. The molecule has 2 atom stereocenters. The molecule has 0 unspecified atom stereocenters. The molecule has 1 fully saturated rings. The Balaban J connectivity index is 1.60. The molecule has 124 valence electrons. The van der Waals surface area contributed by atoms with Crippen molar-refractivity contribution in [3.8, 4) is 0 Å². The SMILES string of the molecule is O=C(c1ccc([N+](=O)[O-])o1)N1C[C@H]2C[C@H](C1)c1cccc(=O)n1C2. The fourth-order valence-electron chi connectivity index (χ4n) is 3.76. The number of nitrogens with zero attached hydrogens (tertiary/aromatic N) is 3. The van der Waals surface area contributed by atoms with E-state index in [0.717, 1.165) is 12.1 Å². The predicted molar refractivity (Wildman–Crippen MR) is 82.8 cm³/mol. The monoisotopic (exact) mass is 329 g/mol. The average Bonchev–Trinajstić information content (AvgIpc) is 3.05. The second-order valence-electron chi connectivity index (χ2n) is 6.30. The van der Waals surface area contributed by atoms with Gasteiger partial charge >= 0.3 is 5.88 Å². The first-order valence-electron chi connectivity index (χ1n) is 7.76. The number of fused-ring (bicyclic) bond motifs is 4. The van der Waals surface area contributed by atoms with Crippen LogP contribution in [0.2, 0.25) is 0 Å².